The molecule has 0 aromatic heterocycles. The first kappa shape index (κ1) is 14.3. The van der Waals surface area contributed by atoms with E-state index in [0.717, 1.165) is 0 Å². The Kier molecular flexibility index (Phi) is 4.79. The van der Waals surface area contributed by atoms with Crippen LogP contribution >= 0.6 is 0 Å². The lowest BCUT2D eigenvalue weighted by Gasteiger charge is -2.09. The molecular formula is C18H28N+. The highest BCUT2D eigenvalue weighted by Gasteiger charge is 2.36. The van der Waals surface area contributed by atoms with Crippen LogP contribution in [0.1, 0.15) is 64.9 Å². The minimum Gasteiger partial charge on any atom is -0.202 e. The van der Waals surface area contributed by atoms with Crippen LogP contribution in [0.5, 0.6) is 0 Å². The second-order valence-electron chi connectivity index (χ2n) is 6.33. The number of nitrogens with zero attached hydrogens (tertiary/aromatic N) is 1. The molecule has 1 aromatic carbocycles. The molecule has 1 aliphatic heterocycles. The van der Waals surface area contributed by atoms with Gasteiger partial charge in [0.2, 0.25) is 5.69 Å². The molecule has 0 N–H and O–H groups in total. The van der Waals surface area contributed by atoms with Gasteiger partial charge in [-0.15, -0.1) is 0 Å². The summed E-state index contributed by atoms with van der Waals surface area (Å²) < 4.78 is 2.47. The summed E-state index contributed by atoms with van der Waals surface area (Å²) in [5.74, 6) is 0. The molecule has 104 valence electrons. The zero-order valence-corrected chi connectivity index (χ0v) is 12.8. The van der Waals surface area contributed by atoms with Gasteiger partial charge < -0.3 is 0 Å². The van der Waals surface area contributed by atoms with Crippen LogP contribution in [0.2, 0.25) is 0 Å². The highest BCUT2D eigenvalue weighted by molar-refractivity contribution is 5.76. The summed E-state index contributed by atoms with van der Waals surface area (Å²) >= 11 is 0. The van der Waals surface area contributed by atoms with Crippen LogP contribution in [0.4, 0.5) is 5.69 Å². The van der Waals surface area contributed by atoms with Crippen molar-refractivity contribution in [2.24, 2.45) is 0 Å². The molecule has 0 spiro atoms. The Morgan fingerprint density at radius 1 is 0.947 bits per heavy atom. The fourth-order valence-electron chi connectivity index (χ4n) is 3.05. The van der Waals surface area contributed by atoms with E-state index in [2.05, 4.69) is 55.8 Å². The highest BCUT2D eigenvalue weighted by Crippen LogP contribution is 2.35. The zero-order chi connectivity index (χ0) is 13.7. The summed E-state index contributed by atoms with van der Waals surface area (Å²) in [6, 6.07) is 8.84. The SMILES string of the molecule is CCCCCCCC[N+]1=CC(C)(C)c2ccccc21. The second-order valence-corrected chi connectivity index (χ2v) is 6.33. The number of unbranched alkanes of at least 4 members (excludes halogenated alkanes) is 5. The van der Waals surface area contributed by atoms with Gasteiger partial charge in [-0.05, 0) is 20.3 Å². The van der Waals surface area contributed by atoms with Crippen LogP contribution in [0.3, 0.4) is 0 Å². The summed E-state index contributed by atoms with van der Waals surface area (Å²) in [6.45, 7) is 8.07. The normalized spacial score (nSPS) is 16.3. The maximum absolute atomic E-state index is 2.47. The van der Waals surface area contributed by atoms with Crippen molar-refractivity contribution in [3.05, 3.63) is 29.8 Å². The van der Waals surface area contributed by atoms with Gasteiger partial charge in [0.15, 0.2) is 6.21 Å². The van der Waals surface area contributed by atoms with Crippen molar-refractivity contribution >= 4 is 11.9 Å². The van der Waals surface area contributed by atoms with Crippen LogP contribution in [0.25, 0.3) is 0 Å². The molecule has 0 saturated heterocycles. The average Bonchev–Trinajstić information content (AvgIpc) is 2.66. The lowest BCUT2D eigenvalue weighted by molar-refractivity contribution is -0.434. The number of hydrogen-bond donors (Lipinski definition) is 0. The van der Waals surface area contributed by atoms with E-state index in [1.807, 2.05) is 0 Å². The van der Waals surface area contributed by atoms with Gasteiger partial charge in [-0.2, -0.15) is 0 Å². The molecule has 0 unspecified atom stereocenters. The van der Waals surface area contributed by atoms with Crippen LogP contribution in [-0.4, -0.2) is 17.3 Å². The van der Waals surface area contributed by atoms with Crippen molar-refractivity contribution in [2.75, 3.05) is 6.54 Å². The Labute approximate surface area is 118 Å². The largest absolute Gasteiger partial charge is 0.209 e. The third kappa shape index (κ3) is 3.46. The molecule has 0 bridgehead atoms. The zero-order valence-electron chi connectivity index (χ0n) is 12.8. The third-order valence-electron chi connectivity index (χ3n) is 4.14. The Morgan fingerprint density at radius 2 is 1.63 bits per heavy atom. The Hall–Kier alpha value is -1.11. The third-order valence-corrected chi connectivity index (χ3v) is 4.14. The molecule has 2 rings (SSSR count). The summed E-state index contributed by atoms with van der Waals surface area (Å²) in [6.07, 6.45) is 10.6. The molecule has 1 aromatic rings. The number of para-hydroxylation sites is 1. The number of hydrogen-bond acceptors (Lipinski definition) is 0. The van der Waals surface area contributed by atoms with Crippen LogP contribution in [-0.2, 0) is 5.41 Å². The van der Waals surface area contributed by atoms with Crippen molar-refractivity contribution in [1.29, 1.82) is 0 Å². The maximum atomic E-state index is 2.47. The molecule has 0 fully saturated rings. The van der Waals surface area contributed by atoms with Crippen molar-refractivity contribution in [3.63, 3.8) is 0 Å². The molecular weight excluding hydrogens is 230 g/mol. The van der Waals surface area contributed by atoms with Gasteiger partial charge in [-0.1, -0.05) is 50.8 Å². The fraction of sp³-hybridized carbons (Fsp3) is 0.611. The summed E-state index contributed by atoms with van der Waals surface area (Å²) in [7, 11) is 0. The quantitative estimate of drug-likeness (QED) is 0.475. The van der Waals surface area contributed by atoms with Gasteiger partial charge in [-0.3, -0.25) is 0 Å². The minimum absolute atomic E-state index is 0.193. The second kappa shape index (κ2) is 6.36. The van der Waals surface area contributed by atoms with Crippen molar-refractivity contribution in [2.45, 2.75) is 64.7 Å². The highest BCUT2D eigenvalue weighted by atomic mass is 15.0. The van der Waals surface area contributed by atoms with Gasteiger partial charge in [0.1, 0.15) is 6.54 Å². The van der Waals surface area contributed by atoms with E-state index >= 15 is 0 Å². The predicted octanol–water partition coefficient (Wildman–Crippen LogP) is 5.05. The lowest BCUT2D eigenvalue weighted by atomic mass is 9.87. The van der Waals surface area contributed by atoms with E-state index < -0.39 is 0 Å². The fourth-order valence-corrected chi connectivity index (χ4v) is 3.05. The molecule has 1 heteroatoms. The molecule has 0 amide bonds. The first-order valence-corrected chi connectivity index (χ1v) is 7.87. The van der Waals surface area contributed by atoms with Gasteiger partial charge >= 0.3 is 0 Å². The van der Waals surface area contributed by atoms with E-state index in [0.29, 0.717) is 0 Å². The van der Waals surface area contributed by atoms with Crippen LogP contribution in [0.15, 0.2) is 24.3 Å². The van der Waals surface area contributed by atoms with E-state index in [-0.39, 0.29) is 5.41 Å². The van der Waals surface area contributed by atoms with Crippen molar-refractivity contribution in [3.8, 4) is 0 Å². The predicted molar refractivity (Wildman–Crippen MR) is 83.7 cm³/mol. The standard InChI is InChI=1S/C18H28N/c1-4-5-6-7-8-11-14-19-15-18(2,3)16-12-9-10-13-17(16)19/h9-10,12-13,15H,4-8,11,14H2,1-3H3/q+1. The minimum atomic E-state index is 0.193. The molecule has 19 heavy (non-hydrogen) atoms. The molecule has 0 saturated carbocycles. The smallest absolute Gasteiger partial charge is 0.202 e. The van der Waals surface area contributed by atoms with E-state index in [1.54, 1.807) is 0 Å². The topological polar surface area (TPSA) is 3.01 Å². The van der Waals surface area contributed by atoms with Gasteiger partial charge in [0.25, 0.3) is 0 Å². The van der Waals surface area contributed by atoms with E-state index in [4.69, 9.17) is 0 Å². The molecule has 1 nitrogen and oxygen atoms in total. The van der Waals surface area contributed by atoms with Crippen molar-refractivity contribution in [1.82, 2.24) is 0 Å². The van der Waals surface area contributed by atoms with Gasteiger partial charge in [0, 0.05) is 18.1 Å². The van der Waals surface area contributed by atoms with E-state index in [9.17, 15) is 0 Å². The first-order chi connectivity index (χ1) is 9.15. The Bertz CT molecular complexity index is 443. The Morgan fingerprint density at radius 3 is 2.42 bits per heavy atom. The van der Waals surface area contributed by atoms with Gasteiger partial charge in [-0.25, -0.2) is 4.58 Å². The number of fused-ring (bicyclic) bond motifs is 1. The molecule has 1 heterocycles. The first-order valence-electron chi connectivity index (χ1n) is 7.87. The molecule has 1 aliphatic rings. The summed E-state index contributed by atoms with van der Waals surface area (Å²) in [5, 5.41) is 0. The molecule has 0 aliphatic carbocycles. The lowest BCUT2D eigenvalue weighted by Crippen LogP contribution is -2.17. The average molecular weight is 258 g/mol. The molecule has 0 atom stereocenters. The van der Waals surface area contributed by atoms with Crippen LogP contribution < -0.4 is 0 Å². The van der Waals surface area contributed by atoms with Gasteiger partial charge in [0.05, 0.1) is 5.41 Å². The summed E-state index contributed by atoms with van der Waals surface area (Å²) in [4.78, 5) is 0. The molecule has 0 radical (unpaired) electrons. The maximum Gasteiger partial charge on any atom is 0.209 e. The van der Waals surface area contributed by atoms with Crippen molar-refractivity contribution < 1.29 is 4.58 Å². The number of rotatable bonds is 7. The monoisotopic (exact) mass is 258 g/mol. The van der Waals surface area contributed by atoms with Crippen LogP contribution in [0, 0.1) is 0 Å². The Balaban J connectivity index is 1.88. The van der Waals surface area contributed by atoms with E-state index in [1.165, 1.54) is 56.3 Å². The number of benzene rings is 1. The summed E-state index contributed by atoms with van der Waals surface area (Å²) in [5.41, 5.74) is 3.08.